The van der Waals surface area contributed by atoms with E-state index in [9.17, 15) is 18.0 Å². The Kier molecular flexibility index (Phi) is 4.28. The summed E-state index contributed by atoms with van der Waals surface area (Å²) < 4.78 is 38.1. The highest BCUT2D eigenvalue weighted by Gasteiger charge is 2.30. The first kappa shape index (κ1) is 16.1. The van der Waals surface area contributed by atoms with Crippen LogP contribution in [0.5, 0.6) is 0 Å². The van der Waals surface area contributed by atoms with Crippen molar-refractivity contribution in [2.45, 2.75) is 25.1 Å². The Bertz CT molecular complexity index is 727. The molecule has 8 heteroatoms. The Labute approximate surface area is 136 Å². The van der Waals surface area contributed by atoms with Gasteiger partial charge in [-0.1, -0.05) is 6.07 Å². The highest BCUT2D eigenvalue weighted by atomic mass is 19.4. The maximum Gasteiger partial charge on any atom is 0.416 e. The number of hydrogen-bond donors (Lipinski definition) is 3. The summed E-state index contributed by atoms with van der Waals surface area (Å²) in [5.41, 5.74) is 0.0507. The van der Waals surface area contributed by atoms with Crippen molar-refractivity contribution in [1.29, 1.82) is 0 Å². The van der Waals surface area contributed by atoms with E-state index in [4.69, 9.17) is 0 Å². The third-order valence-electron chi connectivity index (χ3n) is 3.40. The molecule has 1 aromatic carbocycles. The number of amides is 2. The van der Waals surface area contributed by atoms with Gasteiger partial charge in [0.1, 0.15) is 5.82 Å². The molecule has 3 rings (SSSR count). The number of anilines is 3. The molecule has 0 aliphatic heterocycles. The molecule has 1 aliphatic rings. The summed E-state index contributed by atoms with van der Waals surface area (Å²) >= 11 is 0. The number of hydrogen-bond acceptors (Lipinski definition) is 3. The summed E-state index contributed by atoms with van der Waals surface area (Å²) in [6.07, 6.45) is -0.979. The number of urea groups is 1. The molecule has 2 amide bonds. The molecule has 2 aromatic rings. The molecule has 24 heavy (non-hydrogen) atoms. The van der Waals surface area contributed by atoms with Gasteiger partial charge in [-0.2, -0.15) is 13.2 Å². The topological polar surface area (TPSA) is 66.0 Å². The fourth-order valence-corrected chi connectivity index (χ4v) is 2.04. The Balaban J connectivity index is 1.62. The van der Waals surface area contributed by atoms with Gasteiger partial charge in [0.15, 0.2) is 0 Å². The van der Waals surface area contributed by atoms with Gasteiger partial charge in [0.25, 0.3) is 0 Å². The van der Waals surface area contributed by atoms with Gasteiger partial charge < -0.3 is 16.0 Å². The molecule has 0 saturated heterocycles. The van der Waals surface area contributed by atoms with Gasteiger partial charge in [-0.25, -0.2) is 9.78 Å². The highest BCUT2D eigenvalue weighted by molar-refractivity contribution is 5.89. The van der Waals surface area contributed by atoms with Gasteiger partial charge >= 0.3 is 12.2 Å². The van der Waals surface area contributed by atoms with E-state index in [1.165, 1.54) is 18.3 Å². The zero-order valence-corrected chi connectivity index (χ0v) is 12.5. The van der Waals surface area contributed by atoms with Crippen molar-refractivity contribution in [2.75, 3.05) is 10.6 Å². The van der Waals surface area contributed by atoms with Gasteiger partial charge in [-0.05, 0) is 43.2 Å². The van der Waals surface area contributed by atoms with E-state index in [-0.39, 0.29) is 17.8 Å². The van der Waals surface area contributed by atoms with Gasteiger partial charge in [-0.3, -0.25) is 0 Å². The lowest BCUT2D eigenvalue weighted by Gasteiger charge is -2.11. The van der Waals surface area contributed by atoms with E-state index in [2.05, 4.69) is 20.9 Å². The molecule has 1 heterocycles. The minimum Gasteiger partial charge on any atom is -0.340 e. The van der Waals surface area contributed by atoms with E-state index in [0.717, 1.165) is 25.0 Å². The van der Waals surface area contributed by atoms with Crippen LogP contribution in [0.4, 0.5) is 35.2 Å². The third kappa shape index (κ3) is 4.37. The summed E-state index contributed by atoms with van der Waals surface area (Å²) in [7, 11) is 0. The molecular formula is C16H15F3N4O. The maximum absolute atomic E-state index is 12.7. The molecule has 1 aromatic heterocycles. The zero-order chi connectivity index (χ0) is 17.2. The number of nitrogens with one attached hydrogen (secondary N) is 3. The molecule has 0 bridgehead atoms. The van der Waals surface area contributed by atoms with Crippen molar-refractivity contribution in [3.05, 3.63) is 48.2 Å². The van der Waals surface area contributed by atoms with E-state index < -0.39 is 11.7 Å². The fraction of sp³-hybridized carbons (Fsp3) is 0.250. The van der Waals surface area contributed by atoms with Crippen LogP contribution in [0.2, 0.25) is 0 Å². The highest BCUT2D eigenvalue weighted by Crippen LogP contribution is 2.31. The van der Waals surface area contributed by atoms with Crippen molar-refractivity contribution in [1.82, 2.24) is 10.3 Å². The third-order valence-corrected chi connectivity index (χ3v) is 3.40. The second-order valence-electron chi connectivity index (χ2n) is 5.51. The number of carbonyl (C=O) groups is 1. The lowest BCUT2D eigenvalue weighted by Crippen LogP contribution is -2.30. The molecule has 1 aliphatic carbocycles. The van der Waals surface area contributed by atoms with Crippen molar-refractivity contribution >= 4 is 23.2 Å². The van der Waals surface area contributed by atoms with Crippen LogP contribution >= 0.6 is 0 Å². The molecule has 0 unspecified atom stereocenters. The lowest BCUT2D eigenvalue weighted by atomic mass is 10.2. The van der Waals surface area contributed by atoms with E-state index in [1.54, 1.807) is 12.1 Å². The summed E-state index contributed by atoms with van der Waals surface area (Å²) in [6, 6.07) is 8.01. The maximum atomic E-state index is 12.7. The minimum atomic E-state index is -4.40. The van der Waals surface area contributed by atoms with E-state index >= 15 is 0 Å². The van der Waals surface area contributed by atoms with Crippen molar-refractivity contribution in [3.63, 3.8) is 0 Å². The van der Waals surface area contributed by atoms with Crippen LogP contribution in [-0.2, 0) is 6.18 Å². The summed E-state index contributed by atoms with van der Waals surface area (Å²) in [5, 5.41) is 8.22. The molecule has 1 saturated carbocycles. The molecule has 1 fully saturated rings. The quantitative estimate of drug-likeness (QED) is 0.786. The normalized spacial score (nSPS) is 14.1. The van der Waals surface area contributed by atoms with Crippen LogP contribution in [-0.4, -0.2) is 17.1 Å². The monoisotopic (exact) mass is 336 g/mol. The largest absolute Gasteiger partial charge is 0.416 e. The molecule has 0 atom stereocenters. The average Bonchev–Trinajstić information content (AvgIpc) is 3.32. The number of aromatic nitrogens is 1. The molecule has 0 radical (unpaired) electrons. The molecule has 126 valence electrons. The van der Waals surface area contributed by atoms with Crippen molar-refractivity contribution in [2.24, 2.45) is 0 Å². The first-order valence-electron chi connectivity index (χ1n) is 7.38. The molecule has 5 nitrogen and oxygen atoms in total. The summed E-state index contributed by atoms with van der Waals surface area (Å²) in [4.78, 5) is 15.7. The Morgan fingerprint density at radius 2 is 1.92 bits per heavy atom. The van der Waals surface area contributed by atoms with E-state index in [1.807, 2.05) is 0 Å². The number of alkyl halides is 3. The predicted octanol–water partition coefficient (Wildman–Crippen LogP) is 4.13. The molecule has 0 spiro atoms. The zero-order valence-electron chi connectivity index (χ0n) is 12.5. The smallest absolute Gasteiger partial charge is 0.340 e. The SMILES string of the molecule is O=C(Nc1ccc(Nc2cccc(C(F)(F)F)c2)nc1)NC1CC1. The minimum absolute atomic E-state index is 0.250. The molecular weight excluding hydrogens is 321 g/mol. The van der Waals surface area contributed by atoms with Gasteiger partial charge in [-0.15, -0.1) is 0 Å². The Hall–Kier alpha value is -2.77. The van der Waals surface area contributed by atoms with Crippen LogP contribution in [0.25, 0.3) is 0 Å². The first-order chi connectivity index (χ1) is 11.4. The number of halogens is 3. The number of pyridine rings is 1. The molecule has 3 N–H and O–H groups in total. The lowest BCUT2D eigenvalue weighted by molar-refractivity contribution is -0.137. The Morgan fingerprint density at radius 1 is 1.12 bits per heavy atom. The van der Waals surface area contributed by atoms with Crippen molar-refractivity contribution in [3.8, 4) is 0 Å². The number of rotatable bonds is 4. The first-order valence-corrected chi connectivity index (χ1v) is 7.38. The second-order valence-corrected chi connectivity index (χ2v) is 5.51. The predicted molar refractivity (Wildman–Crippen MR) is 84.1 cm³/mol. The van der Waals surface area contributed by atoms with Crippen LogP contribution < -0.4 is 16.0 Å². The van der Waals surface area contributed by atoms with Gasteiger partial charge in [0.2, 0.25) is 0 Å². The van der Waals surface area contributed by atoms with Gasteiger partial charge in [0, 0.05) is 11.7 Å². The van der Waals surface area contributed by atoms with Crippen LogP contribution in [0.3, 0.4) is 0 Å². The second kappa shape index (κ2) is 6.38. The van der Waals surface area contributed by atoms with Crippen molar-refractivity contribution < 1.29 is 18.0 Å². The summed E-state index contributed by atoms with van der Waals surface area (Å²) in [6.45, 7) is 0. The van der Waals surface area contributed by atoms with Crippen LogP contribution in [0.15, 0.2) is 42.6 Å². The van der Waals surface area contributed by atoms with Gasteiger partial charge in [0.05, 0.1) is 17.4 Å². The van der Waals surface area contributed by atoms with E-state index in [0.29, 0.717) is 11.5 Å². The fourth-order valence-electron chi connectivity index (χ4n) is 2.04. The number of benzene rings is 1. The average molecular weight is 336 g/mol. The number of carbonyl (C=O) groups excluding carboxylic acids is 1. The van der Waals surface area contributed by atoms with Crippen LogP contribution in [0.1, 0.15) is 18.4 Å². The van der Waals surface area contributed by atoms with Crippen LogP contribution in [0, 0.1) is 0 Å². The summed E-state index contributed by atoms with van der Waals surface area (Å²) in [5.74, 6) is 0.377. The Morgan fingerprint density at radius 3 is 2.54 bits per heavy atom. The number of nitrogens with zero attached hydrogens (tertiary/aromatic N) is 1. The standard InChI is InChI=1S/C16H15F3N4O/c17-16(18,19)10-2-1-3-12(8-10)21-14-7-6-13(9-20-14)23-15(24)22-11-4-5-11/h1-3,6-9,11H,4-5H2,(H,20,21)(H2,22,23,24).